The van der Waals surface area contributed by atoms with Gasteiger partial charge in [0.25, 0.3) is 0 Å². The van der Waals surface area contributed by atoms with Gasteiger partial charge in [0.15, 0.2) is 0 Å². The van der Waals surface area contributed by atoms with Gasteiger partial charge in [0, 0.05) is 6.42 Å². The summed E-state index contributed by atoms with van der Waals surface area (Å²) in [5.41, 5.74) is 0. The molecular formula is C12H23NO4. The van der Waals surface area contributed by atoms with Gasteiger partial charge in [0.2, 0.25) is 0 Å². The standard InChI is InChI=1S/C12H23NO4/c1-3-5-9(2)8-10(12(16)17)13-7-4-6-11(14)15/h9-10,13H,3-8H2,1-2H3,(H,14,15)(H,16,17). The summed E-state index contributed by atoms with van der Waals surface area (Å²) in [6.45, 7) is 4.55. The van der Waals surface area contributed by atoms with Crippen molar-refractivity contribution in [3.63, 3.8) is 0 Å². The van der Waals surface area contributed by atoms with Gasteiger partial charge in [-0.2, -0.15) is 0 Å². The molecule has 0 aromatic carbocycles. The second-order valence-corrected chi connectivity index (χ2v) is 4.47. The van der Waals surface area contributed by atoms with Crippen LogP contribution in [-0.4, -0.2) is 34.7 Å². The largest absolute Gasteiger partial charge is 0.481 e. The number of aliphatic carboxylic acids is 2. The molecule has 3 N–H and O–H groups in total. The van der Waals surface area contributed by atoms with Crippen molar-refractivity contribution in [2.45, 2.75) is 52.0 Å². The van der Waals surface area contributed by atoms with Gasteiger partial charge in [-0.15, -0.1) is 0 Å². The Morgan fingerprint density at radius 2 is 1.94 bits per heavy atom. The van der Waals surface area contributed by atoms with E-state index in [4.69, 9.17) is 10.2 Å². The van der Waals surface area contributed by atoms with E-state index in [9.17, 15) is 9.59 Å². The predicted molar refractivity (Wildman–Crippen MR) is 65.0 cm³/mol. The highest BCUT2D eigenvalue weighted by atomic mass is 16.4. The lowest BCUT2D eigenvalue weighted by Gasteiger charge is -2.18. The Morgan fingerprint density at radius 3 is 2.41 bits per heavy atom. The van der Waals surface area contributed by atoms with Crippen LogP contribution in [0.1, 0.15) is 46.0 Å². The van der Waals surface area contributed by atoms with Crippen molar-refractivity contribution in [3.05, 3.63) is 0 Å². The van der Waals surface area contributed by atoms with Gasteiger partial charge >= 0.3 is 11.9 Å². The third-order valence-corrected chi connectivity index (χ3v) is 2.68. The summed E-state index contributed by atoms with van der Waals surface area (Å²) in [5.74, 6) is -1.34. The Morgan fingerprint density at radius 1 is 1.29 bits per heavy atom. The second-order valence-electron chi connectivity index (χ2n) is 4.47. The van der Waals surface area contributed by atoms with E-state index in [-0.39, 0.29) is 6.42 Å². The molecule has 0 amide bonds. The minimum Gasteiger partial charge on any atom is -0.481 e. The Hall–Kier alpha value is -1.10. The summed E-state index contributed by atoms with van der Waals surface area (Å²) in [7, 11) is 0. The number of rotatable bonds is 10. The first kappa shape index (κ1) is 15.9. The van der Waals surface area contributed by atoms with Crippen LogP contribution in [-0.2, 0) is 9.59 Å². The molecule has 100 valence electrons. The molecule has 5 heteroatoms. The highest BCUT2D eigenvalue weighted by molar-refractivity contribution is 5.73. The van der Waals surface area contributed by atoms with Crippen molar-refractivity contribution in [1.29, 1.82) is 0 Å². The molecule has 0 heterocycles. The summed E-state index contributed by atoms with van der Waals surface area (Å²) < 4.78 is 0. The van der Waals surface area contributed by atoms with Crippen LogP contribution in [0.25, 0.3) is 0 Å². The fraction of sp³-hybridized carbons (Fsp3) is 0.833. The van der Waals surface area contributed by atoms with Crippen LogP contribution in [0.15, 0.2) is 0 Å². The molecule has 2 atom stereocenters. The van der Waals surface area contributed by atoms with E-state index in [1.54, 1.807) is 0 Å². The average molecular weight is 245 g/mol. The molecule has 0 aliphatic heterocycles. The van der Waals surface area contributed by atoms with Crippen LogP contribution in [0, 0.1) is 5.92 Å². The molecule has 0 saturated heterocycles. The SMILES string of the molecule is CCCC(C)CC(NCCCC(=O)O)C(=O)O. The van der Waals surface area contributed by atoms with Crippen LogP contribution in [0.2, 0.25) is 0 Å². The fourth-order valence-corrected chi connectivity index (χ4v) is 1.80. The van der Waals surface area contributed by atoms with E-state index >= 15 is 0 Å². The smallest absolute Gasteiger partial charge is 0.320 e. The zero-order valence-corrected chi connectivity index (χ0v) is 10.6. The summed E-state index contributed by atoms with van der Waals surface area (Å²) in [6, 6.07) is -0.564. The first-order valence-corrected chi connectivity index (χ1v) is 6.15. The number of nitrogens with one attached hydrogen (secondary N) is 1. The Kier molecular flexibility index (Phi) is 8.40. The lowest BCUT2D eigenvalue weighted by Crippen LogP contribution is -2.38. The van der Waals surface area contributed by atoms with Gasteiger partial charge in [-0.3, -0.25) is 9.59 Å². The zero-order valence-electron chi connectivity index (χ0n) is 10.6. The molecule has 0 bridgehead atoms. The third-order valence-electron chi connectivity index (χ3n) is 2.68. The number of carbonyl (C=O) groups is 2. The van der Waals surface area contributed by atoms with E-state index in [2.05, 4.69) is 12.2 Å². The monoisotopic (exact) mass is 245 g/mol. The number of carboxylic acids is 2. The lowest BCUT2D eigenvalue weighted by molar-refractivity contribution is -0.140. The maximum Gasteiger partial charge on any atom is 0.320 e. The van der Waals surface area contributed by atoms with Gasteiger partial charge < -0.3 is 15.5 Å². The van der Waals surface area contributed by atoms with Crippen molar-refractivity contribution >= 4 is 11.9 Å². The molecule has 5 nitrogen and oxygen atoms in total. The minimum absolute atomic E-state index is 0.0733. The van der Waals surface area contributed by atoms with Crippen molar-refractivity contribution in [2.75, 3.05) is 6.54 Å². The Bertz CT molecular complexity index is 243. The molecule has 2 unspecified atom stereocenters. The van der Waals surface area contributed by atoms with Gasteiger partial charge in [-0.25, -0.2) is 0 Å². The first-order chi connectivity index (χ1) is 7.97. The summed E-state index contributed by atoms with van der Waals surface area (Å²) in [4.78, 5) is 21.3. The number of carboxylic acid groups (broad SMARTS) is 2. The highest BCUT2D eigenvalue weighted by Gasteiger charge is 2.19. The Balaban J connectivity index is 3.90. The van der Waals surface area contributed by atoms with Crippen molar-refractivity contribution in [3.8, 4) is 0 Å². The van der Waals surface area contributed by atoms with E-state index in [1.807, 2.05) is 6.92 Å². The topological polar surface area (TPSA) is 86.6 Å². The Labute approximate surface area is 102 Å². The summed E-state index contributed by atoms with van der Waals surface area (Å²) in [5, 5.41) is 20.4. The number of hydrogen-bond donors (Lipinski definition) is 3. The molecule has 0 spiro atoms. The lowest BCUT2D eigenvalue weighted by atomic mass is 9.97. The molecule has 0 radical (unpaired) electrons. The van der Waals surface area contributed by atoms with Crippen molar-refractivity contribution in [1.82, 2.24) is 5.32 Å². The molecule has 0 aliphatic carbocycles. The van der Waals surface area contributed by atoms with Gasteiger partial charge in [0.1, 0.15) is 6.04 Å². The van der Waals surface area contributed by atoms with Crippen LogP contribution in [0.5, 0.6) is 0 Å². The van der Waals surface area contributed by atoms with E-state index in [0.29, 0.717) is 25.3 Å². The molecular weight excluding hydrogens is 222 g/mol. The first-order valence-electron chi connectivity index (χ1n) is 6.15. The van der Waals surface area contributed by atoms with Crippen LogP contribution in [0.4, 0.5) is 0 Å². The molecule has 0 aliphatic rings. The maximum atomic E-state index is 11.0. The molecule has 0 fully saturated rings. The van der Waals surface area contributed by atoms with Crippen molar-refractivity contribution in [2.24, 2.45) is 5.92 Å². The highest BCUT2D eigenvalue weighted by Crippen LogP contribution is 2.12. The number of hydrogen-bond acceptors (Lipinski definition) is 3. The van der Waals surface area contributed by atoms with Gasteiger partial charge in [0.05, 0.1) is 0 Å². The fourth-order valence-electron chi connectivity index (χ4n) is 1.80. The molecule has 0 rings (SSSR count). The summed E-state index contributed by atoms with van der Waals surface area (Å²) >= 11 is 0. The maximum absolute atomic E-state index is 11.0. The zero-order chi connectivity index (χ0) is 13.3. The summed E-state index contributed by atoms with van der Waals surface area (Å²) in [6.07, 6.45) is 3.19. The average Bonchev–Trinajstić information content (AvgIpc) is 2.22. The minimum atomic E-state index is -0.858. The van der Waals surface area contributed by atoms with E-state index in [1.165, 1.54) is 0 Å². The van der Waals surface area contributed by atoms with Crippen molar-refractivity contribution < 1.29 is 19.8 Å². The third kappa shape index (κ3) is 8.68. The molecule has 0 saturated carbocycles. The van der Waals surface area contributed by atoms with Crippen LogP contribution < -0.4 is 5.32 Å². The van der Waals surface area contributed by atoms with E-state index in [0.717, 1.165) is 12.8 Å². The normalized spacial score (nSPS) is 14.2. The predicted octanol–water partition coefficient (Wildman–Crippen LogP) is 1.72. The van der Waals surface area contributed by atoms with Crippen LogP contribution in [0.3, 0.4) is 0 Å². The van der Waals surface area contributed by atoms with Crippen LogP contribution >= 0.6 is 0 Å². The molecule has 17 heavy (non-hydrogen) atoms. The molecule has 0 aromatic rings. The second kappa shape index (κ2) is 8.98. The quantitative estimate of drug-likeness (QED) is 0.510. The van der Waals surface area contributed by atoms with Gasteiger partial charge in [-0.05, 0) is 25.3 Å². The van der Waals surface area contributed by atoms with E-state index < -0.39 is 18.0 Å². The molecule has 0 aromatic heterocycles. The van der Waals surface area contributed by atoms with Gasteiger partial charge in [-0.1, -0.05) is 26.7 Å².